The highest BCUT2D eigenvalue weighted by Gasteiger charge is 2.51. The molecule has 4 saturated carbocycles. The van der Waals surface area contributed by atoms with Crippen LogP contribution in [0.15, 0.2) is 42.1 Å². The van der Waals surface area contributed by atoms with E-state index in [1.165, 1.54) is 31.0 Å². The standard InChI is InChI=1S/C25H32N4O2S/c1-4-9-29-22(20-7-5-6-8-21(20)31-3)27-28-24(29)32-16(2)23(30)26-25-13-17-10-18(14-25)12-19(11-17)15-25/h4-8,16-19H,1,9-15H2,2-3H3,(H,26,30). The SMILES string of the molecule is C=CCn1c(SC(C)C(=O)NC23CC4CC(CC(C4)C2)C3)nnc1-c1ccccc1OC. The molecule has 4 fully saturated rings. The van der Waals surface area contributed by atoms with E-state index >= 15 is 0 Å². The predicted octanol–water partition coefficient (Wildman–Crippen LogP) is 4.71. The predicted molar refractivity (Wildman–Crippen MR) is 127 cm³/mol. The minimum atomic E-state index is -0.249. The first-order valence-electron chi connectivity index (χ1n) is 11.7. The molecular weight excluding hydrogens is 420 g/mol. The lowest BCUT2D eigenvalue weighted by Gasteiger charge is -2.57. The number of ether oxygens (including phenoxy) is 1. The molecular formula is C25H32N4O2S. The molecule has 1 aromatic carbocycles. The number of carbonyl (C=O) groups excluding carboxylic acids is 1. The van der Waals surface area contributed by atoms with Gasteiger partial charge < -0.3 is 10.1 Å². The minimum Gasteiger partial charge on any atom is -0.496 e. The summed E-state index contributed by atoms with van der Waals surface area (Å²) < 4.78 is 7.52. The molecule has 1 unspecified atom stereocenters. The molecule has 4 aliphatic carbocycles. The third-order valence-corrected chi connectivity index (χ3v) is 8.53. The lowest BCUT2D eigenvalue weighted by atomic mass is 9.53. The number of thioether (sulfide) groups is 1. The topological polar surface area (TPSA) is 69.0 Å². The summed E-state index contributed by atoms with van der Waals surface area (Å²) in [6.45, 7) is 6.42. The van der Waals surface area contributed by atoms with Crippen LogP contribution in [0.4, 0.5) is 0 Å². The van der Waals surface area contributed by atoms with Crippen LogP contribution in [0, 0.1) is 17.8 Å². The Morgan fingerprint density at radius 3 is 2.53 bits per heavy atom. The Bertz CT molecular complexity index is 982. The van der Waals surface area contributed by atoms with E-state index in [2.05, 4.69) is 22.1 Å². The number of nitrogens with one attached hydrogen (secondary N) is 1. The van der Waals surface area contributed by atoms with Gasteiger partial charge in [-0.05, 0) is 75.3 Å². The van der Waals surface area contributed by atoms with Gasteiger partial charge in [-0.2, -0.15) is 0 Å². The molecule has 2 aromatic rings. The van der Waals surface area contributed by atoms with Gasteiger partial charge in [-0.3, -0.25) is 9.36 Å². The fourth-order valence-electron chi connectivity index (χ4n) is 6.54. The highest BCUT2D eigenvalue weighted by Crippen LogP contribution is 2.55. The van der Waals surface area contributed by atoms with Gasteiger partial charge in [-0.25, -0.2) is 0 Å². The van der Waals surface area contributed by atoms with E-state index in [9.17, 15) is 4.79 Å². The maximum absolute atomic E-state index is 13.2. The number of carbonyl (C=O) groups is 1. The van der Waals surface area contributed by atoms with Crippen molar-refractivity contribution in [1.82, 2.24) is 20.1 Å². The summed E-state index contributed by atoms with van der Waals surface area (Å²) in [4.78, 5) is 13.2. The van der Waals surface area contributed by atoms with Crippen LogP contribution >= 0.6 is 11.8 Å². The van der Waals surface area contributed by atoms with Gasteiger partial charge in [0, 0.05) is 12.1 Å². The average molecular weight is 453 g/mol. The van der Waals surface area contributed by atoms with E-state index in [1.807, 2.05) is 41.8 Å². The van der Waals surface area contributed by atoms with Crippen LogP contribution < -0.4 is 10.1 Å². The zero-order valence-electron chi connectivity index (χ0n) is 18.9. The third kappa shape index (κ3) is 3.96. The average Bonchev–Trinajstić information content (AvgIpc) is 3.14. The molecule has 170 valence electrons. The van der Waals surface area contributed by atoms with Gasteiger partial charge in [0.1, 0.15) is 5.75 Å². The molecule has 1 aromatic heterocycles. The zero-order chi connectivity index (χ0) is 22.3. The first-order valence-corrected chi connectivity index (χ1v) is 12.5. The molecule has 4 bridgehead atoms. The van der Waals surface area contributed by atoms with E-state index in [0.717, 1.165) is 59.3 Å². The largest absolute Gasteiger partial charge is 0.496 e. The summed E-state index contributed by atoms with van der Waals surface area (Å²) in [6.07, 6.45) is 9.42. The van der Waals surface area contributed by atoms with Crippen molar-refractivity contribution in [2.24, 2.45) is 17.8 Å². The van der Waals surface area contributed by atoms with E-state index in [0.29, 0.717) is 6.54 Å². The number of para-hydroxylation sites is 1. The van der Waals surface area contributed by atoms with E-state index in [-0.39, 0.29) is 16.7 Å². The molecule has 1 heterocycles. The number of rotatable bonds is 8. The number of amides is 1. The lowest BCUT2D eigenvalue weighted by Crippen LogP contribution is -2.60. The van der Waals surface area contributed by atoms with Crippen molar-refractivity contribution in [1.29, 1.82) is 0 Å². The Balaban J connectivity index is 1.33. The molecule has 6 nitrogen and oxygen atoms in total. The first-order chi connectivity index (χ1) is 15.5. The fraction of sp³-hybridized carbons (Fsp3) is 0.560. The Kier molecular flexibility index (Phi) is 5.78. The summed E-state index contributed by atoms with van der Waals surface area (Å²) >= 11 is 1.46. The second-order valence-electron chi connectivity index (χ2n) is 9.85. The summed E-state index contributed by atoms with van der Waals surface area (Å²) in [6, 6.07) is 7.78. The van der Waals surface area contributed by atoms with Gasteiger partial charge >= 0.3 is 0 Å². The summed E-state index contributed by atoms with van der Waals surface area (Å²) in [7, 11) is 1.65. The van der Waals surface area contributed by atoms with E-state index in [1.54, 1.807) is 7.11 Å². The molecule has 1 atom stereocenters. The van der Waals surface area contributed by atoms with Crippen molar-refractivity contribution < 1.29 is 9.53 Å². The van der Waals surface area contributed by atoms with Crippen molar-refractivity contribution in [3.63, 3.8) is 0 Å². The smallest absolute Gasteiger partial charge is 0.233 e. The normalized spacial score (nSPS) is 29.0. The molecule has 0 radical (unpaired) electrons. The summed E-state index contributed by atoms with van der Waals surface area (Å²) in [5.41, 5.74) is 0.903. The molecule has 0 saturated heterocycles. The number of methoxy groups -OCH3 is 1. The third-order valence-electron chi connectivity index (χ3n) is 7.45. The molecule has 1 amide bonds. The van der Waals surface area contributed by atoms with Crippen molar-refractivity contribution in [3.8, 4) is 17.1 Å². The summed E-state index contributed by atoms with van der Waals surface area (Å²) in [5.74, 6) is 4.01. The molecule has 0 spiro atoms. The Morgan fingerprint density at radius 2 is 1.91 bits per heavy atom. The number of benzene rings is 1. The van der Waals surface area contributed by atoms with Crippen LogP contribution in [0.3, 0.4) is 0 Å². The number of nitrogens with zero attached hydrogens (tertiary/aromatic N) is 3. The van der Waals surface area contributed by atoms with Gasteiger partial charge in [-0.1, -0.05) is 30.0 Å². The molecule has 0 aliphatic heterocycles. The number of hydrogen-bond donors (Lipinski definition) is 1. The van der Waals surface area contributed by atoms with Crippen molar-refractivity contribution >= 4 is 17.7 Å². The molecule has 1 N–H and O–H groups in total. The van der Waals surface area contributed by atoms with E-state index < -0.39 is 0 Å². The highest BCUT2D eigenvalue weighted by molar-refractivity contribution is 8.00. The number of aromatic nitrogens is 3. The number of allylic oxidation sites excluding steroid dienone is 1. The second-order valence-corrected chi connectivity index (χ2v) is 11.2. The monoisotopic (exact) mass is 452 g/mol. The van der Waals surface area contributed by atoms with Crippen LogP contribution in [0.2, 0.25) is 0 Å². The quantitative estimate of drug-likeness (QED) is 0.464. The van der Waals surface area contributed by atoms with Gasteiger partial charge in [-0.15, -0.1) is 16.8 Å². The Morgan fingerprint density at radius 1 is 1.25 bits per heavy atom. The van der Waals surface area contributed by atoms with Gasteiger partial charge in [0.25, 0.3) is 0 Å². The molecule has 4 aliphatic rings. The minimum absolute atomic E-state index is 0.0258. The summed E-state index contributed by atoms with van der Waals surface area (Å²) in [5, 5.41) is 12.8. The van der Waals surface area contributed by atoms with E-state index in [4.69, 9.17) is 4.74 Å². The van der Waals surface area contributed by atoms with Crippen LogP contribution in [-0.4, -0.2) is 38.6 Å². The van der Waals surface area contributed by atoms with Gasteiger partial charge in [0.15, 0.2) is 11.0 Å². The highest BCUT2D eigenvalue weighted by atomic mass is 32.2. The second kappa shape index (κ2) is 8.58. The molecule has 6 rings (SSSR count). The van der Waals surface area contributed by atoms with Crippen molar-refractivity contribution in [2.45, 2.75) is 67.9 Å². The first kappa shape index (κ1) is 21.6. The molecule has 7 heteroatoms. The van der Waals surface area contributed by atoms with Crippen LogP contribution in [0.25, 0.3) is 11.4 Å². The van der Waals surface area contributed by atoms with Crippen LogP contribution in [0.1, 0.15) is 45.4 Å². The Hall–Kier alpha value is -2.28. The fourth-order valence-corrected chi connectivity index (χ4v) is 7.39. The van der Waals surface area contributed by atoms with Crippen molar-refractivity contribution in [2.75, 3.05) is 7.11 Å². The maximum atomic E-state index is 13.2. The zero-order valence-corrected chi connectivity index (χ0v) is 19.7. The van der Waals surface area contributed by atoms with Gasteiger partial charge in [0.2, 0.25) is 5.91 Å². The van der Waals surface area contributed by atoms with Gasteiger partial charge in [0.05, 0.1) is 17.9 Å². The maximum Gasteiger partial charge on any atom is 0.233 e. The lowest BCUT2D eigenvalue weighted by molar-refractivity contribution is -0.126. The number of hydrogen-bond acceptors (Lipinski definition) is 5. The van der Waals surface area contributed by atoms with Crippen LogP contribution in [-0.2, 0) is 11.3 Å². The Labute approximate surface area is 194 Å². The van der Waals surface area contributed by atoms with Crippen molar-refractivity contribution in [3.05, 3.63) is 36.9 Å². The molecule has 32 heavy (non-hydrogen) atoms. The van der Waals surface area contributed by atoms with Crippen LogP contribution in [0.5, 0.6) is 5.75 Å².